The molecule has 0 bridgehead atoms. The van der Waals surface area contributed by atoms with E-state index in [0.717, 1.165) is 11.4 Å². The number of fused-ring (bicyclic) bond motifs is 4. The predicted octanol–water partition coefficient (Wildman–Crippen LogP) is 10.7. The van der Waals surface area contributed by atoms with Gasteiger partial charge < -0.3 is 5.32 Å². The van der Waals surface area contributed by atoms with Crippen molar-refractivity contribution in [2.75, 3.05) is 5.32 Å². The first-order valence-corrected chi connectivity index (χ1v) is 13.4. The first-order chi connectivity index (χ1) is 19.3. The molecule has 0 amide bonds. The normalized spacial score (nSPS) is 11.6. The molecule has 0 radical (unpaired) electrons. The van der Waals surface area contributed by atoms with Crippen LogP contribution in [0.15, 0.2) is 146 Å². The zero-order chi connectivity index (χ0) is 25.8. The Labute approximate surface area is 228 Å². The third-order valence-corrected chi connectivity index (χ3v) is 8.02. The van der Waals surface area contributed by atoms with Crippen molar-refractivity contribution in [2.45, 2.75) is 0 Å². The van der Waals surface area contributed by atoms with E-state index < -0.39 is 0 Å². The summed E-state index contributed by atoms with van der Waals surface area (Å²) in [5, 5.41) is 8.80. The maximum Gasteiger partial charge on any atom is 0.0384 e. The van der Waals surface area contributed by atoms with Crippen LogP contribution in [0, 0.1) is 0 Å². The van der Waals surface area contributed by atoms with Crippen LogP contribution in [0.25, 0.3) is 66.1 Å². The Morgan fingerprint density at radius 2 is 0.769 bits per heavy atom. The summed E-state index contributed by atoms with van der Waals surface area (Å²) in [5.74, 6) is 0. The van der Waals surface area contributed by atoms with E-state index in [1.54, 1.807) is 0 Å². The van der Waals surface area contributed by atoms with Crippen molar-refractivity contribution in [1.82, 2.24) is 0 Å². The second-order valence-electron chi connectivity index (χ2n) is 10.2. The zero-order valence-electron chi connectivity index (χ0n) is 21.4. The summed E-state index contributed by atoms with van der Waals surface area (Å²) in [4.78, 5) is 0. The quantitative estimate of drug-likeness (QED) is 0.256. The first-order valence-electron chi connectivity index (χ1n) is 13.4. The van der Waals surface area contributed by atoms with Gasteiger partial charge in [-0.25, -0.2) is 0 Å². The smallest absolute Gasteiger partial charge is 0.0384 e. The third-order valence-electron chi connectivity index (χ3n) is 8.02. The third kappa shape index (κ3) is 3.55. The van der Waals surface area contributed by atoms with Crippen LogP contribution in [-0.4, -0.2) is 0 Å². The lowest BCUT2D eigenvalue weighted by Crippen LogP contribution is -1.91. The minimum Gasteiger partial charge on any atom is -0.356 e. The Hall–Kier alpha value is -5.14. The van der Waals surface area contributed by atoms with E-state index in [0.29, 0.717) is 0 Å². The number of anilines is 2. The van der Waals surface area contributed by atoms with Crippen molar-refractivity contribution in [3.63, 3.8) is 0 Å². The van der Waals surface area contributed by atoms with Gasteiger partial charge in [0.15, 0.2) is 0 Å². The van der Waals surface area contributed by atoms with E-state index >= 15 is 0 Å². The van der Waals surface area contributed by atoms with Gasteiger partial charge >= 0.3 is 0 Å². The summed E-state index contributed by atoms with van der Waals surface area (Å²) in [6.45, 7) is 0. The molecular weight excluding hydrogens is 470 g/mol. The van der Waals surface area contributed by atoms with E-state index in [9.17, 15) is 0 Å². The SMILES string of the molecule is c1ccc2c(c1)-c1cccc3c(-c4ccc(Nc5ccc(-c6cccc7ccccc67)cc5)cc4)ccc-2c13. The number of hydrogen-bond donors (Lipinski definition) is 1. The molecule has 0 heterocycles. The Morgan fingerprint density at radius 3 is 1.49 bits per heavy atom. The van der Waals surface area contributed by atoms with E-state index in [1.165, 1.54) is 66.1 Å². The van der Waals surface area contributed by atoms with Crippen molar-refractivity contribution >= 4 is 32.9 Å². The second kappa shape index (κ2) is 8.72. The molecule has 0 fully saturated rings. The molecule has 7 aromatic rings. The van der Waals surface area contributed by atoms with Gasteiger partial charge in [0, 0.05) is 11.4 Å². The minimum atomic E-state index is 1.08. The summed E-state index contributed by atoms with van der Waals surface area (Å²) in [7, 11) is 0. The lowest BCUT2D eigenvalue weighted by molar-refractivity contribution is 1.54. The Kier molecular flexibility index (Phi) is 4.89. The van der Waals surface area contributed by atoms with Crippen molar-refractivity contribution < 1.29 is 0 Å². The first kappa shape index (κ1) is 21.9. The highest BCUT2D eigenvalue weighted by Crippen LogP contribution is 2.49. The lowest BCUT2D eigenvalue weighted by Gasteiger charge is -2.12. The van der Waals surface area contributed by atoms with Crippen LogP contribution in [0.4, 0.5) is 11.4 Å². The fourth-order valence-electron chi connectivity index (χ4n) is 6.17. The van der Waals surface area contributed by atoms with Gasteiger partial charge in [0.1, 0.15) is 0 Å². The maximum absolute atomic E-state index is 3.58. The molecule has 0 spiro atoms. The van der Waals surface area contributed by atoms with E-state index in [1.807, 2.05) is 0 Å². The van der Waals surface area contributed by atoms with Gasteiger partial charge in [-0.3, -0.25) is 0 Å². The van der Waals surface area contributed by atoms with Crippen LogP contribution in [-0.2, 0) is 0 Å². The topological polar surface area (TPSA) is 12.0 Å². The van der Waals surface area contributed by atoms with Crippen LogP contribution in [0.2, 0.25) is 0 Å². The van der Waals surface area contributed by atoms with Crippen LogP contribution in [0.3, 0.4) is 0 Å². The standard InChI is InChI=1S/C38H25N/c1-2-9-30-25(7-1)8-5-12-31(30)26-15-19-28(20-16-26)39-29-21-17-27(18-22-29)32-23-24-37-34-11-4-3-10-33(34)36-14-6-13-35(32)38(36)37/h1-24,39H. The molecule has 39 heavy (non-hydrogen) atoms. The van der Waals surface area contributed by atoms with E-state index in [2.05, 4.69) is 151 Å². The van der Waals surface area contributed by atoms with Crippen LogP contribution in [0.1, 0.15) is 0 Å². The van der Waals surface area contributed by atoms with Crippen LogP contribution < -0.4 is 5.32 Å². The highest BCUT2D eigenvalue weighted by atomic mass is 14.9. The summed E-state index contributed by atoms with van der Waals surface area (Å²) >= 11 is 0. The minimum absolute atomic E-state index is 1.08. The molecule has 1 nitrogen and oxygen atoms in total. The molecule has 0 saturated heterocycles. The van der Waals surface area contributed by atoms with Gasteiger partial charge in [0.05, 0.1) is 0 Å². The van der Waals surface area contributed by atoms with Gasteiger partial charge in [-0.15, -0.1) is 0 Å². The maximum atomic E-state index is 3.58. The second-order valence-corrected chi connectivity index (χ2v) is 10.2. The highest BCUT2D eigenvalue weighted by Gasteiger charge is 2.22. The number of rotatable bonds is 4. The fourth-order valence-corrected chi connectivity index (χ4v) is 6.17. The zero-order valence-corrected chi connectivity index (χ0v) is 21.4. The molecule has 1 heteroatoms. The lowest BCUT2D eigenvalue weighted by atomic mass is 9.94. The molecule has 0 atom stereocenters. The van der Waals surface area contributed by atoms with Crippen molar-refractivity contribution in [3.8, 4) is 44.5 Å². The molecule has 0 unspecified atom stereocenters. The molecular formula is C38H25N. The van der Waals surface area contributed by atoms with E-state index in [4.69, 9.17) is 0 Å². The summed E-state index contributed by atoms with van der Waals surface area (Å²) in [5.41, 5.74) is 12.5. The van der Waals surface area contributed by atoms with Gasteiger partial charge in [0.25, 0.3) is 0 Å². The molecule has 1 aliphatic carbocycles. The summed E-state index contributed by atoms with van der Waals surface area (Å²) < 4.78 is 0. The van der Waals surface area contributed by atoms with Crippen LogP contribution >= 0.6 is 0 Å². The highest BCUT2D eigenvalue weighted by molar-refractivity contribution is 6.18. The van der Waals surface area contributed by atoms with Gasteiger partial charge in [-0.05, 0) is 90.3 Å². The molecule has 0 aliphatic heterocycles. The van der Waals surface area contributed by atoms with Crippen molar-refractivity contribution in [3.05, 3.63) is 146 Å². The molecule has 182 valence electrons. The molecule has 1 N–H and O–H groups in total. The Bertz CT molecular complexity index is 1980. The van der Waals surface area contributed by atoms with Crippen LogP contribution in [0.5, 0.6) is 0 Å². The molecule has 7 aromatic carbocycles. The average Bonchev–Trinajstić information content (AvgIpc) is 3.33. The largest absolute Gasteiger partial charge is 0.356 e. The molecule has 1 aliphatic rings. The molecule has 8 rings (SSSR count). The van der Waals surface area contributed by atoms with Crippen molar-refractivity contribution in [1.29, 1.82) is 0 Å². The molecule has 0 saturated carbocycles. The molecule has 0 aromatic heterocycles. The van der Waals surface area contributed by atoms with Gasteiger partial charge in [-0.1, -0.05) is 121 Å². The Balaban J connectivity index is 1.08. The van der Waals surface area contributed by atoms with Gasteiger partial charge in [0.2, 0.25) is 0 Å². The summed E-state index contributed by atoms with van der Waals surface area (Å²) in [6.07, 6.45) is 0. The fraction of sp³-hybridized carbons (Fsp3) is 0. The number of nitrogens with one attached hydrogen (secondary N) is 1. The predicted molar refractivity (Wildman–Crippen MR) is 166 cm³/mol. The Morgan fingerprint density at radius 1 is 0.308 bits per heavy atom. The summed E-state index contributed by atoms with van der Waals surface area (Å²) in [6, 6.07) is 52.5. The van der Waals surface area contributed by atoms with Gasteiger partial charge in [-0.2, -0.15) is 0 Å². The average molecular weight is 496 g/mol. The number of hydrogen-bond acceptors (Lipinski definition) is 1. The van der Waals surface area contributed by atoms with E-state index in [-0.39, 0.29) is 0 Å². The monoisotopic (exact) mass is 495 g/mol. The van der Waals surface area contributed by atoms with Crippen molar-refractivity contribution in [2.24, 2.45) is 0 Å². The number of benzene rings is 7.